The highest BCUT2D eigenvalue weighted by Crippen LogP contribution is 2.33. The summed E-state index contributed by atoms with van der Waals surface area (Å²) in [5.41, 5.74) is 7.08. The van der Waals surface area contributed by atoms with Crippen molar-refractivity contribution in [2.45, 2.75) is 13.2 Å². The second kappa shape index (κ2) is 6.24. The Hall–Kier alpha value is -1.29. The SMILES string of the molecule is NCc1cc(F)ccc1COc1c(Cl)cccc1Cl. The Morgan fingerprint density at radius 1 is 1.05 bits per heavy atom. The molecule has 0 aromatic heterocycles. The van der Waals surface area contributed by atoms with Crippen molar-refractivity contribution < 1.29 is 9.13 Å². The maximum Gasteiger partial charge on any atom is 0.156 e. The van der Waals surface area contributed by atoms with Crippen LogP contribution in [0.25, 0.3) is 0 Å². The van der Waals surface area contributed by atoms with Gasteiger partial charge in [-0.15, -0.1) is 0 Å². The third-order valence-corrected chi connectivity index (χ3v) is 3.27. The van der Waals surface area contributed by atoms with Gasteiger partial charge in [-0.1, -0.05) is 35.3 Å². The first-order valence-electron chi connectivity index (χ1n) is 5.66. The molecule has 19 heavy (non-hydrogen) atoms. The highest BCUT2D eigenvalue weighted by Gasteiger charge is 2.09. The fraction of sp³-hybridized carbons (Fsp3) is 0.143. The maximum absolute atomic E-state index is 13.1. The van der Waals surface area contributed by atoms with Crippen LogP contribution in [0.2, 0.25) is 10.0 Å². The molecule has 0 aliphatic heterocycles. The topological polar surface area (TPSA) is 35.2 Å². The lowest BCUT2D eigenvalue weighted by atomic mass is 10.1. The highest BCUT2D eigenvalue weighted by molar-refractivity contribution is 6.37. The van der Waals surface area contributed by atoms with Crippen LogP contribution < -0.4 is 10.5 Å². The van der Waals surface area contributed by atoms with Gasteiger partial charge in [-0.05, 0) is 35.4 Å². The normalized spacial score (nSPS) is 10.5. The quantitative estimate of drug-likeness (QED) is 0.919. The molecule has 0 atom stereocenters. The fourth-order valence-corrected chi connectivity index (χ4v) is 2.20. The van der Waals surface area contributed by atoms with E-state index >= 15 is 0 Å². The first kappa shape index (κ1) is 14.1. The standard InChI is InChI=1S/C14H12Cl2FNO/c15-12-2-1-3-13(16)14(12)19-8-9-4-5-11(17)6-10(9)7-18/h1-6H,7-8,18H2. The first-order chi connectivity index (χ1) is 9.11. The van der Waals surface area contributed by atoms with E-state index in [2.05, 4.69) is 0 Å². The zero-order valence-corrected chi connectivity index (χ0v) is 11.5. The van der Waals surface area contributed by atoms with Gasteiger partial charge < -0.3 is 10.5 Å². The zero-order valence-electron chi connectivity index (χ0n) is 10.00. The molecule has 0 fully saturated rings. The molecule has 0 saturated heterocycles. The second-order valence-corrected chi connectivity index (χ2v) is 4.77. The number of halogens is 3. The maximum atomic E-state index is 13.1. The molecule has 0 heterocycles. The van der Waals surface area contributed by atoms with Crippen molar-refractivity contribution in [1.82, 2.24) is 0 Å². The summed E-state index contributed by atoms with van der Waals surface area (Å²) in [5.74, 6) is 0.0955. The summed E-state index contributed by atoms with van der Waals surface area (Å²) in [6.07, 6.45) is 0. The minimum absolute atomic E-state index is 0.232. The van der Waals surface area contributed by atoms with Crippen LogP contribution in [0.15, 0.2) is 36.4 Å². The Morgan fingerprint density at radius 3 is 2.37 bits per heavy atom. The van der Waals surface area contributed by atoms with Gasteiger partial charge in [0.15, 0.2) is 5.75 Å². The van der Waals surface area contributed by atoms with Crippen LogP contribution in [0.3, 0.4) is 0 Å². The van der Waals surface area contributed by atoms with Gasteiger partial charge in [-0.25, -0.2) is 4.39 Å². The Morgan fingerprint density at radius 2 is 1.74 bits per heavy atom. The summed E-state index contributed by atoms with van der Waals surface area (Å²) in [4.78, 5) is 0. The average molecular weight is 300 g/mol. The molecule has 0 radical (unpaired) electrons. The Bertz CT molecular complexity index is 569. The van der Waals surface area contributed by atoms with E-state index in [4.69, 9.17) is 33.7 Å². The van der Waals surface area contributed by atoms with Crippen molar-refractivity contribution in [3.63, 3.8) is 0 Å². The first-order valence-corrected chi connectivity index (χ1v) is 6.41. The number of ether oxygens (including phenoxy) is 1. The lowest BCUT2D eigenvalue weighted by Gasteiger charge is -2.12. The number of hydrogen-bond donors (Lipinski definition) is 1. The van der Waals surface area contributed by atoms with Crippen molar-refractivity contribution in [2.75, 3.05) is 0 Å². The predicted octanol–water partition coefficient (Wildman–Crippen LogP) is 4.17. The molecule has 0 aliphatic rings. The Labute approximate surface area is 120 Å². The number of rotatable bonds is 4. The minimum atomic E-state index is -0.319. The van der Waals surface area contributed by atoms with Gasteiger partial charge in [-0.3, -0.25) is 0 Å². The van der Waals surface area contributed by atoms with E-state index in [-0.39, 0.29) is 19.0 Å². The molecule has 0 unspecified atom stereocenters. The van der Waals surface area contributed by atoms with Crippen LogP contribution in [0.5, 0.6) is 5.75 Å². The number of nitrogens with two attached hydrogens (primary N) is 1. The van der Waals surface area contributed by atoms with Crippen molar-refractivity contribution in [3.8, 4) is 5.75 Å². The molecule has 0 aliphatic carbocycles. The predicted molar refractivity (Wildman–Crippen MR) is 75.1 cm³/mol. The number of para-hydroxylation sites is 1. The highest BCUT2D eigenvalue weighted by atomic mass is 35.5. The molecule has 0 spiro atoms. The minimum Gasteiger partial charge on any atom is -0.486 e. The van der Waals surface area contributed by atoms with E-state index in [0.717, 1.165) is 5.56 Å². The Balaban J connectivity index is 2.19. The van der Waals surface area contributed by atoms with Gasteiger partial charge in [0.25, 0.3) is 0 Å². The molecular formula is C14H12Cl2FNO. The zero-order chi connectivity index (χ0) is 13.8. The van der Waals surface area contributed by atoms with E-state index < -0.39 is 0 Å². The largest absolute Gasteiger partial charge is 0.486 e. The molecular weight excluding hydrogens is 288 g/mol. The lowest BCUT2D eigenvalue weighted by Crippen LogP contribution is -2.05. The molecule has 2 N–H and O–H groups in total. The van der Waals surface area contributed by atoms with Gasteiger partial charge in [0, 0.05) is 6.54 Å². The monoisotopic (exact) mass is 299 g/mol. The van der Waals surface area contributed by atoms with Crippen molar-refractivity contribution >= 4 is 23.2 Å². The summed E-state index contributed by atoms with van der Waals surface area (Å²) in [7, 11) is 0. The van der Waals surface area contributed by atoms with Crippen LogP contribution in [0, 0.1) is 5.82 Å². The van der Waals surface area contributed by atoms with E-state index in [9.17, 15) is 4.39 Å². The van der Waals surface area contributed by atoms with E-state index in [1.165, 1.54) is 12.1 Å². The summed E-state index contributed by atoms with van der Waals surface area (Å²) in [5, 5.41) is 0.868. The second-order valence-electron chi connectivity index (χ2n) is 3.96. The molecule has 2 rings (SSSR count). The van der Waals surface area contributed by atoms with Gasteiger partial charge in [0.1, 0.15) is 12.4 Å². The summed E-state index contributed by atoms with van der Waals surface area (Å²) in [6, 6.07) is 9.52. The molecule has 0 bridgehead atoms. The fourth-order valence-electron chi connectivity index (χ4n) is 1.70. The number of benzene rings is 2. The van der Waals surface area contributed by atoms with Gasteiger partial charge in [-0.2, -0.15) is 0 Å². The lowest BCUT2D eigenvalue weighted by molar-refractivity contribution is 0.305. The van der Waals surface area contributed by atoms with Crippen molar-refractivity contribution in [1.29, 1.82) is 0 Å². The average Bonchev–Trinajstić information content (AvgIpc) is 2.39. The van der Waals surface area contributed by atoms with Crippen molar-refractivity contribution in [3.05, 3.63) is 63.4 Å². The third-order valence-electron chi connectivity index (χ3n) is 2.68. The van der Waals surface area contributed by atoms with Crippen molar-refractivity contribution in [2.24, 2.45) is 5.73 Å². The smallest absolute Gasteiger partial charge is 0.156 e. The Kier molecular flexibility index (Phi) is 4.64. The van der Waals surface area contributed by atoms with Gasteiger partial charge in [0.05, 0.1) is 10.0 Å². The van der Waals surface area contributed by atoms with E-state index in [1.807, 2.05) is 0 Å². The summed E-state index contributed by atoms with van der Waals surface area (Å²) >= 11 is 12.0. The molecule has 2 aromatic carbocycles. The van der Waals surface area contributed by atoms with Crippen LogP contribution in [-0.4, -0.2) is 0 Å². The van der Waals surface area contributed by atoms with Crippen LogP contribution >= 0.6 is 23.2 Å². The van der Waals surface area contributed by atoms with Crippen LogP contribution in [0.1, 0.15) is 11.1 Å². The third kappa shape index (κ3) is 3.38. The molecule has 5 heteroatoms. The molecule has 100 valence electrons. The molecule has 0 saturated carbocycles. The van der Waals surface area contributed by atoms with Crippen LogP contribution in [-0.2, 0) is 13.2 Å². The molecule has 2 nitrogen and oxygen atoms in total. The van der Waals surface area contributed by atoms with Crippen LogP contribution in [0.4, 0.5) is 4.39 Å². The van der Waals surface area contributed by atoms with E-state index in [1.54, 1.807) is 24.3 Å². The van der Waals surface area contributed by atoms with Gasteiger partial charge in [0.2, 0.25) is 0 Å². The van der Waals surface area contributed by atoms with Gasteiger partial charge >= 0.3 is 0 Å². The molecule has 2 aromatic rings. The number of hydrogen-bond acceptors (Lipinski definition) is 2. The summed E-state index contributed by atoms with van der Waals surface area (Å²) in [6.45, 7) is 0.475. The van der Waals surface area contributed by atoms with E-state index in [0.29, 0.717) is 21.4 Å². The molecule has 0 amide bonds. The summed E-state index contributed by atoms with van der Waals surface area (Å²) < 4.78 is 18.7.